The summed E-state index contributed by atoms with van der Waals surface area (Å²) in [6.07, 6.45) is 6.69. The lowest BCUT2D eigenvalue weighted by molar-refractivity contribution is 0.0936. The van der Waals surface area contributed by atoms with Crippen molar-refractivity contribution in [1.29, 1.82) is 0 Å². The van der Waals surface area contributed by atoms with E-state index in [1.807, 2.05) is 6.92 Å². The maximum Gasteiger partial charge on any atom is 0.273 e. The molecule has 2 heterocycles. The summed E-state index contributed by atoms with van der Waals surface area (Å²) in [6, 6.07) is 1.68. The van der Waals surface area contributed by atoms with Crippen molar-refractivity contribution in [3.05, 3.63) is 51.9 Å². The monoisotopic (exact) mass is 398 g/mol. The molecular formula is C19H24Cl2N2O3. The van der Waals surface area contributed by atoms with Crippen molar-refractivity contribution >= 4 is 29.1 Å². The Bertz CT molecular complexity index is 689. The molecule has 1 aliphatic heterocycles. The van der Waals surface area contributed by atoms with Crippen LogP contribution in [0.15, 0.2) is 45.0 Å². The quantitative estimate of drug-likeness (QED) is 0.617. The number of aryl methyl sites for hydroxylation is 1. The van der Waals surface area contributed by atoms with E-state index in [0.29, 0.717) is 47.0 Å². The molecule has 1 aliphatic rings. The van der Waals surface area contributed by atoms with E-state index in [4.69, 9.17) is 32.5 Å². The lowest BCUT2D eigenvalue weighted by Gasteiger charge is -2.07. The van der Waals surface area contributed by atoms with E-state index in [9.17, 15) is 4.79 Å². The van der Waals surface area contributed by atoms with Crippen molar-refractivity contribution in [1.82, 2.24) is 10.5 Å². The third kappa shape index (κ3) is 6.63. The highest BCUT2D eigenvalue weighted by Crippen LogP contribution is 2.22. The highest BCUT2D eigenvalue weighted by Gasteiger charge is 2.18. The molecule has 1 N–H and O–H groups in total. The van der Waals surface area contributed by atoms with Gasteiger partial charge in [-0.05, 0) is 32.3 Å². The Balaban J connectivity index is 1.74. The summed E-state index contributed by atoms with van der Waals surface area (Å²) in [6.45, 7) is 7.86. The maximum atomic E-state index is 12.1. The highest BCUT2D eigenvalue weighted by atomic mass is 35.5. The molecule has 1 fully saturated rings. The van der Waals surface area contributed by atoms with Crippen molar-refractivity contribution < 1.29 is 14.1 Å². The third-order valence-corrected chi connectivity index (χ3v) is 4.93. The number of carbonyl (C=O) groups is 1. The highest BCUT2D eigenvalue weighted by molar-refractivity contribution is 6.43. The Morgan fingerprint density at radius 1 is 1.46 bits per heavy atom. The summed E-state index contributed by atoms with van der Waals surface area (Å²) in [5, 5.41) is 7.69. The average molecular weight is 399 g/mol. The van der Waals surface area contributed by atoms with Gasteiger partial charge in [0.25, 0.3) is 5.91 Å². The molecule has 5 nitrogen and oxygen atoms in total. The first-order chi connectivity index (χ1) is 12.5. The van der Waals surface area contributed by atoms with E-state index < -0.39 is 0 Å². The van der Waals surface area contributed by atoms with Crippen LogP contribution < -0.4 is 5.32 Å². The fourth-order valence-corrected chi connectivity index (χ4v) is 2.88. The van der Waals surface area contributed by atoms with Gasteiger partial charge in [-0.25, -0.2) is 0 Å². The van der Waals surface area contributed by atoms with Gasteiger partial charge in [0.2, 0.25) is 0 Å². The zero-order valence-corrected chi connectivity index (χ0v) is 16.4. The summed E-state index contributed by atoms with van der Waals surface area (Å²) in [5.41, 5.74) is 1.19. The molecule has 0 radical (unpaired) electrons. The third-order valence-electron chi connectivity index (χ3n) is 4.10. The van der Waals surface area contributed by atoms with Gasteiger partial charge < -0.3 is 14.6 Å². The van der Waals surface area contributed by atoms with Crippen LogP contribution in [0.25, 0.3) is 0 Å². The van der Waals surface area contributed by atoms with Gasteiger partial charge in [0.05, 0.1) is 16.7 Å². The van der Waals surface area contributed by atoms with Crippen LogP contribution in [-0.4, -0.2) is 30.8 Å². The number of halogens is 2. The minimum atomic E-state index is -0.216. The molecule has 0 aliphatic carbocycles. The standard InChI is InChI=1S/C19H24Cl2N2O3/c1-3-16(20)17(21)9-13(2)5-4-6-15-10-18(23-26-15)19(24)22-11-14-7-8-25-12-14/h3,9-10,14H,2,4-8,11-12H2,1H3,(H,22,24)/b16-3+,17-9+. The van der Waals surface area contributed by atoms with Crippen molar-refractivity contribution in [3.63, 3.8) is 0 Å². The molecule has 1 amide bonds. The topological polar surface area (TPSA) is 64.4 Å². The lowest BCUT2D eigenvalue weighted by atomic mass is 10.1. The number of aromatic nitrogens is 1. The molecule has 0 saturated carbocycles. The van der Waals surface area contributed by atoms with Gasteiger partial charge >= 0.3 is 0 Å². The van der Waals surface area contributed by atoms with Gasteiger partial charge in [-0.2, -0.15) is 0 Å². The van der Waals surface area contributed by atoms with Crippen LogP contribution in [0.5, 0.6) is 0 Å². The van der Waals surface area contributed by atoms with E-state index in [0.717, 1.165) is 31.4 Å². The van der Waals surface area contributed by atoms with E-state index in [-0.39, 0.29) is 5.91 Å². The Morgan fingerprint density at radius 3 is 2.96 bits per heavy atom. The Labute approximate surface area is 164 Å². The molecule has 1 aromatic rings. The first-order valence-corrected chi connectivity index (χ1v) is 9.44. The van der Waals surface area contributed by atoms with Crippen molar-refractivity contribution in [2.75, 3.05) is 19.8 Å². The second-order valence-corrected chi connectivity index (χ2v) is 7.07. The van der Waals surface area contributed by atoms with Crippen molar-refractivity contribution in [3.8, 4) is 0 Å². The number of amides is 1. The van der Waals surface area contributed by atoms with Crippen LogP contribution in [0.1, 0.15) is 42.4 Å². The number of nitrogens with zero attached hydrogens (tertiary/aromatic N) is 1. The molecule has 142 valence electrons. The Hall–Kier alpha value is -1.56. The van der Waals surface area contributed by atoms with Gasteiger partial charge in [-0.15, -0.1) is 0 Å². The second kappa shape index (κ2) is 10.6. The van der Waals surface area contributed by atoms with Gasteiger partial charge in [-0.1, -0.05) is 46.6 Å². The summed E-state index contributed by atoms with van der Waals surface area (Å²) in [4.78, 5) is 12.1. The number of rotatable bonds is 9. The first kappa shape index (κ1) is 20.7. The maximum absolute atomic E-state index is 12.1. The van der Waals surface area contributed by atoms with Gasteiger partial charge in [-0.3, -0.25) is 4.79 Å². The number of ether oxygens (including phenoxy) is 1. The molecule has 0 aromatic carbocycles. The van der Waals surface area contributed by atoms with Gasteiger partial charge in [0.1, 0.15) is 5.76 Å². The predicted molar refractivity (Wildman–Crippen MR) is 103 cm³/mol. The van der Waals surface area contributed by atoms with Crippen molar-refractivity contribution in [2.24, 2.45) is 5.92 Å². The molecule has 2 rings (SSSR count). The minimum Gasteiger partial charge on any atom is -0.381 e. The lowest BCUT2D eigenvalue weighted by Crippen LogP contribution is -2.29. The summed E-state index contributed by atoms with van der Waals surface area (Å²) in [5.74, 6) is 0.841. The largest absolute Gasteiger partial charge is 0.381 e. The summed E-state index contributed by atoms with van der Waals surface area (Å²) < 4.78 is 10.5. The predicted octanol–water partition coefficient (Wildman–Crippen LogP) is 4.59. The average Bonchev–Trinajstić information content (AvgIpc) is 3.30. The van der Waals surface area contributed by atoms with Crippen LogP contribution in [0.4, 0.5) is 0 Å². The van der Waals surface area contributed by atoms with Crippen molar-refractivity contribution in [2.45, 2.75) is 32.6 Å². The van der Waals surface area contributed by atoms with Crippen LogP contribution in [-0.2, 0) is 11.2 Å². The number of hydrogen-bond acceptors (Lipinski definition) is 4. The zero-order chi connectivity index (χ0) is 18.9. The molecule has 7 heteroatoms. The fraction of sp³-hybridized carbons (Fsp3) is 0.474. The molecule has 1 aromatic heterocycles. The molecule has 0 spiro atoms. The first-order valence-electron chi connectivity index (χ1n) is 8.68. The fourth-order valence-electron chi connectivity index (χ4n) is 2.56. The van der Waals surface area contributed by atoms with Crippen LogP contribution in [0.2, 0.25) is 0 Å². The molecule has 1 saturated heterocycles. The van der Waals surface area contributed by atoms with E-state index in [1.54, 1.807) is 18.2 Å². The van der Waals surface area contributed by atoms with E-state index in [2.05, 4.69) is 17.1 Å². The van der Waals surface area contributed by atoms with Gasteiger partial charge in [0.15, 0.2) is 5.69 Å². The van der Waals surface area contributed by atoms with Crippen LogP contribution in [0, 0.1) is 5.92 Å². The summed E-state index contributed by atoms with van der Waals surface area (Å²) >= 11 is 12.0. The van der Waals surface area contributed by atoms with E-state index in [1.165, 1.54) is 0 Å². The SMILES string of the molecule is C=C(/C=C(Cl)\C(Cl)=C/C)CCCc1cc(C(=O)NCC2CCOC2)no1. The van der Waals surface area contributed by atoms with Gasteiger partial charge in [0, 0.05) is 31.6 Å². The number of carbonyl (C=O) groups excluding carboxylic acids is 1. The zero-order valence-electron chi connectivity index (χ0n) is 14.9. The molecule has 26 heavy (non-hydrogen) atoms. The Kier molecular flexibility index (Phi) is 8.42. The minimum absolute atomic E-state index is 0.216. The van der Waals surface area contributed by atoms with Crippen LogP contribution >= 0.6 is 23.2 Å². The van der Waals surface area contributed by atoms with E-state index >= 15 is 0 Å². The molecular weight excluding hydrogens is 375 g/mol. The normalized spacial score (nSPS) is 18.2. The molecule has 0 bridgehead atoms. The second-order valence-electron chi connectivity index (χ2n) is 6.26. The molecule has 1 atom stereocenters. The van der Waals surface area contributed by atoms with Crippen LogP contribution in [0.3, 0.4) is 0 Å². The summed E-state index contributed by atoms with van der Waals surface area (Å²) in [7, 11) is 0. The number of nitrogens with one attached hydrogen (secondary N) is 1. The number of allylic oxidation sites excluding steroid dienone is 5. The number of hydrogen-bond donors (Lipinski definition) is 1. The Morgan fingerprint density at radius 2 is 2.27 bits per heavy atom. The smallest absolute Gasteiger partial charge is 0.273 e. The molecule has 1 unspecified atom stereocenters.